The third kappa shape index (κ3) is 3.21. The van der Waals surface area contributed by atoms with Crippen LogP contribution in [0.5, 0.6) is 0 Å². The molecule has 0 aliphatic carbocycles. The van der Waals surface area contributed by atoms with E-state index in [9.17, 15) is 14.0 Å². The highest BCUT2D eigenvalue weighted by Gasteiger charge is 2.27. The zero-order valence-corrected chi connectivity index (χ0v) is 15.9. The Kier molecular flexibility index (Phi) is 4.43. The van der Waals surface area contributed by atoms with Crippen molar-refractivity contribution in [1.82, 2.24) is 19.6 Å². The number of hydrogen-bond donors (Lipinski definition) is 0. The Labute approximate surface area is 159 Å². The third-order valence-electron chi connectivity index (χ3n) is 4.83. The number of thiophene rings is 1. The standard InChI is InChI=1S/C19H19FN4O2S/c1-12-15-11-16(27-19(15)22(2)21-12)18(26)24-8-6-23(7-9-24)17(25)13-4-3-5-14(20)10-13/h3-5,10-11H,6-9H2,1-2H3. The molecule has 3 aromatic rings. The first-order chi connectivity index (χ1) is 12.9. The summed E-state index contributed by atoms with van der Waals surface area (Å²) in [7, 11) is 1.87. The average Bonchev–Trinajstić information content (AvgIpc) is 3.22. The molecule has 0 bridgehead atoms. The van der Waals surface area contributed by atoms with Crippen LogP contribution in [0.15, 0.2) is 30.3 Å². The predicted molar refractivity (Wildman–Crippen MR) is 102 cm³/mol. The van der Waals surface area contributed by atoms with Crippen molar-refractivity contribution in [3.8, 4) is 0 Å². The smallest absolute Gasteiger partial charge is 0.264 e. The van der Waals surface area contributed by atoms with Crippen LogP contribution < -0.4 is 0 Å². The fourth-order valence-corrected chi connectivity index (χ4v) is 4.47. The Morgan fingerprint density at radius 3 is 2.37 bits per heavy atom. The number of benzene rings is 1. The van der Waals surface area contributed by atoms with Crippen molar-refractivity contribution in [2.24, 2.45) is 7.05 Å². The molecule has 4 rings (SSSR count). The first kappa shape index (κ1) is 17.7. The van der Waals surface area contributed by atoms with Gasteiger partial charge in [0.15, 0.2) is 0 Å². The second-order valence-electron chi connectivity index (χ2n) is 6.63. The van der Waals surface area contributed by atoms with Gasteiger partial charge in [-0.25, -0.2) is 4.39 Å². The number of nitrogens with zero attached hydrogens (tertiary/aromatic N) is 4. The Hall–Kier alpha value is -2.74. The van der Waals surface area contributed by atoms with Crippen LogP contribution in [-0.2, 0) is 7.05 Å². The van der Waals surface area contributed by atoms with E-state index in [1.807, 2.05) is 20.0 Å². The van der Waals surface area contributed by atoms with Crippen molar-refractivity contribution in [3.05, 3.63) is 52.3 Å². The van der Waals surface area contributed by atoms with E-state index in [0.29, 0.717) is 36.6 Å². The van der Waals surface area contributed by atoms with Crippen LogP contribution in [0.2, 0.25) is 0 Å². The molecule has 0 radical (unpaired) electrons. The lowest BCUT2D eigenvalue weighted by Crippen LogP contribution is -2.50. The quantitative estimate of drug-likeness (QED) is 0.680. The summed E-state index contributed by atoms with van der Waals surface area (Å²) >= 11 is 1.44. The highest BCUT2D eigenvalue weighted by Crippen LogP contribution is 2.28. The number of aromatic nitrogens is 2. The molecule has 1 aliphatic heterocycles. The van der Waals surface area contributed by atoms with Gasteiger partial charge in [-0.2, -0.15) is 5.10 Å². The molecular weight excluding hydrogens is 367 g/mol. The SMILES string of the molecule is Cc1nn(C)c2sc(C(=O)N3CCN(C(=O)c4cccc(F)c4)CC3)cc12. The van der Waals surface area contributed by atoms with Crippen LogP contribution in [0.25, 0.3) is 10.2 Å². The van der Waals surface area contributed by atoms with Gasteiger partial charge in [-0.15, -0.1) is 11.3 Å². The minimum Gasteiger partial charge on any atom is -0.335 e. The molecule has 0 N–H and O–H groups in total. The van der Waals surface area contributed by atoms with E-state index in [-0.39, 0.29) is 11.8 Å². The number of rotatable bonds is 2. The summed E-state index contributed by atoms with van der Waals surface area (Å²) in [4.78, 5) is 30.4. The van der Waals surface area contributed by atoms with E-state index in [1.54, 1.807) is 20.5 Å². The predicted octanol–water partition coefficient (Wildman–Crippen LogP) is 2.68. The number of halogens is 1. The molecule has 0 spiro atoms. The van der Waals surface area contributed by atoms with Crippen molar-refractivity contribution in [1.29, 1.82) is 0 Å². The van der Waals surface area contributed by atoms with Gasteiger partial charge in [-0.1, -0.05) is 6.07 Å². The van der Waals surface area contributed by atoms with Crippen LogP contribution in [0.1, 0.15) is 25.7 Å². The summed E-state index contributed by atoms with van der Waals surface area (Å²) in [5.74, 6) is -0.650. The molecule has 27 heavy (non-hydrogen) atoms. The van der Waals surface area contributed by atoms with Gasteiger partial charge in [-0.05, 0) is 31.2 Å². The van der Waals surface area contributed by atoms with Crippen LogP contribution in [-0.4, -0.2) is 57.6 Å². The molecule has 3 heterocycles. The molecule has 1 fully saturated rings. The van der Waals surface area contributed by atoms with E-state index in [2.05, 4.69) is 5.10 Å². The number of hydrogen-bond acceptors (Lipinski definition) is 4. The molecule has 1 aromatic carbocycles. The van der Waals surface area contributed by atoms with Crippen LogP contribution >= 0.6 is 11.3 Å². The van der Waals surface area contributed by atoms with Gasteiger partial charge in [0.05, 0.1) is 10.6 Å². The lowest BCUT2D eigenvalue weighted by atomic mass is 10.1. The molecule has 140 valence electrons. The molecule has 6 nitrogen and oxygen atoms in total. The number of carbonyl (C=O) groups is 2. The first-order valence-corrected chi connectivity index (χ1v) is 9.53. The maximum Gasteiger partial charge on any atom is 0.264 e. The molecule has 0 atom stereocenters. The van der Waals surface area contributed by atoms with Crippen molar-refractivity contribution in [2.45, 2.75) is 6.92 Å². The number of fused-ring (bicyclic) bond motifs is 1. The minimum atomic E-state index is -0.427. The molecule has 0 unspecified atom stereocenters. The highest BCUT2D eigenvalue weighted by molar-refractivity contribution is 7.20. The van der Waals surface area contributed by atoms with Gasteiger partial charge >= 0.3 is 0 Å². The fraction of sp³-hybridized carbons (Fsp3) is 0.316. The van der Waals surface area contributed by atoms with Crippen LogP contribution in [0.4, 0.5) is 4.39 Å². The summed E-state index contributed by atoms with van der Waals surface area (Å²) in [6.07, 6.45) is 0. The lowest BCUT2D eigenvalue weighted by Gasteiger charge is -2.34. The van der Waals surface area contributed by atoms with Gasteiger partial charge in [0.25, 0.3) is 11.8 Å². The summed E-state index contributed by atoms with van der Waals surface area (Å²) in [6, 6.07) is 7.59. The minimum absolute atomic E-state index is 0.0199. The topological polar surface area (TPSA) is 58.4 Å². The Morgan fingerprint density at radius 2 is 1.74 bits per heavy atom. The number of amides is 2. The van der Waals surface area contributed by atoms with Gasteiger partial charge in [0, 0.05) is 44.2 Å². The van der Waals surface area contributed by atoms with Gasteiger partial charge in [0.1, 0.15) is 10.6 Å². The molecule has 1 saturated heterocycles. The maximum absolute atomic E-state index is 13.3. The summed E-state index contributed by atoms with van der Waals surface area (Å²) in [5.41, 5.74) is 1.25. The fourth-order valence-electron chi connectivity index (χ4n) is 3.38. The number of piperazine rings is 1. The summed E-state index contributed by atoms with van der Waals surface area (Å²) in [6.45, 7) is 3.73. The zero-order valence-electron chi connectivity index (χ0n) is 15.1. The van der Waals surface area contributed by atoms with Crippen molar-refractivity contribution in [3.63, 3.8) is 0 Å². The number of aryl methyl sites for hydroxylation is 2. The Bertz CT molecular complexity index is 999. The van der Waals surface area contributed by atoms with E-state index >= 15 is 0 Å². The van der Waals surface area contributed by atoms with Gasteiger partial charge in [0.2, 0.25) is 0 Å². The Balaban J connectivity index is 1.44. The van der Waals surface area contributed by atoms with Crippen molar-refractivity contribution in [2.75, 3.05) is 26.2 Å². The van der Waals surface area contributed by atoms with E-state index < -0.39 is 5.82 Å². The highest BCUT2D eigenvalue weighted by atomic mass is 32.1. The third-order valence-corrected chi connectivity index (χ3v) is 6.02. The lowest BCUT2D eigenvalue weighted by molar-refractivity contribution is 0.0538. The zero-order chi connectivity index (χ0) is 19.1. The summed E-state index contributed by atoms with van der Waals surface area (Å²) < 4.78 is 15.1. The molecule has 2 aromatic heterocycles. The molecule has 8 heteroatoms. The maximum atomic E-state index is 13.3. The Morgan fingerprint density at radius 1 is 1.07 bits per heavy atom. The first-order valence-electron chi connectivity index (χ1n) is 8.71. The van der Waals surface area contributed by atoms with Gasteiger partial charge < -0.3 is 9.80 Å². The second-order valence-corrected chi connectivity index (χ2v) is 7.66. The average molecular weight is 386 g/mol. The van der Waals surface area contributed by atoms with Gasteiger partial charge in [-0.3, -0.25) is 14.3 Å². The van der Waals surface area contributed by atoms with Crippen molar-refractivity contribution < 1.29 is 14.0 Å². The number of carbonyl (C=O) groups excluding carboxylic acids is 2. The second kappa shape index (κ2) is 6.77. The molecule has 0 saturated carbocycles. The molecular formula is C19H19FN4O2S. The normalized spacial score (nSPS) is 14.8. The largest absolute Gasteiger partial charge is 0.335 e. The molecule has 2 amide bonds. The van der Waals surface area contributed by atoms with E-state index in [1.165, 1.54) is 29.5 Å². The van der Waals surface area contributed by atoms with Crippen LogP contribution in [0, 0.1) is 12.7 Å². The van der Waals surface area contributed by atoms with E-state index in [0.717, 1.165) is 15.9 Å². The summed E-state index contributed by atoms with van der Waals surface area (Å²) in [5, 5.41) is 5.36. The monoisotopic (exact) mass is 386 g/mol. The van der Waals surface area contributed by atoms with E-state index in [4.69, 9.17) is 0 Å². The van der Waals surface area contributed by atoms with Crippen LogP contribution in [0.3, 0.4) is 0 Å². The molecule has 1 aliphatic rings. The van der Waals surface area contributed by atoms with Crippen molar-refractivity contribution >= 4 is 33.4 Å².